The van der Waals surface area contributed by atoms with Crippen molar-refractivity contribution in [2.45, 2.75) is 72.3 Å². The second kappa shape index (κ2) is 5.72. The van der Waals surface area contributed by atoms with Gasteiger partial charge in [0.2, 0.25) is 0 Å². The number of benzene rings is 1. The van der Waals surface area contributed by atoms with Crippen LogP contribution in [0.25, 0.3) is 0 Å². The summed E-state index contributed by atoms with van der Waals surface area (Å²) in [5.41, 5.74) is 1.23. The van der Waals surface area contributed by atoms with E-state index in [1.165, 1.54) is 0 Å². The molecule has 0 aliphatic heterocycles. The van der Waals surface area contributed by atoms with Crippen molar-refractivity contribution in [2.75, 3.05) is 0 Å². The Bertz CT molecular complexity index is 515. The zero-order chi connectivity index (χ0) is 15.8. The molecular formula is C19H29FO. The van der Waals surface area contributed by atoms with E-state index in [4.69, 9.17) is 0 Å². The van der Waals surface area contributed by atoms with Crippen molar-refractivity contribution in [3.05, 3.63) is 34.6 Å². The third kappa shape index (κ3) is 2.52. The molecular weight excluding hydrogens is 263 g/mol. The molecule has 1 aliphatic rings. The summed E-state index contributed by atoms with van der Waals surface area (Å²) in [5.74, 6) is 0.0469. The average molecular weight is 292 g/mol. The van der Waals surface area contributed by atoms with Crippen molar-refractivity contribution in [1.29, 1.82) is 0 Å². The molecule has 0 amide bonds. The normalized spacial score (nSPS) is 23.6. The third-order valence-corrected chi connectivity index (χ3v) is 5.27. The Morgan fingerprint density at radius 3 is 2.29 bits per heavy atom. The Balaban J connectivity index is 2.60. The van der Waals surface area contributed by atoms with Crippen LogP contribution in [0.15, 0.2) is 12.1 Å². The minimum absolute atomic E-state index is 0.152. The van der Waals surface area contributed by atoms with Crippen LogP contribution in [0.5, 0.6) is 0 Å². The molecule has 0 heterocycles. The van der Waals surface area contributed by atoms with Gasteiger partial charge in [-0.05, 0) is 54.9 Å². The van der Waals surface area contributed by atoms with Crippen LogP contribution < -0.4 is 0 Å². The minimum Gasteiger partial charge on any atom is -0.384 e. The van der Waals surface area contributed by atoms with Crippen LogP contribution >= 0.6 is 0 Å². The van der Waals surface area contributed by atoms with Crippen LogP contribution in [0, 0.1) is 24.1 Å². The molecule has 0 saturated carbocycles. The number of hydrogen-bond donors (Lipinski definition) is 1. The number of aryl methyl sites for hydroxylation is 1. The highest BCUT2D eigenvalue weighted by molar-refractivity contribution is 5.44. The van der Waals surface area contributed by atoms with Gasteiger partial charge in [-0.1, -0.05) is 46.6 Å². The first kappa shape index (κ1) is 16.5. The van der Waals surface area contributed by atoms with Crippen molar-refractivity contribution in [1.82, 2.24) is 0 Å². The molecule has 1 aliphatic carbocycles. The first-order chi connectivity index (χ1) is 9.77. The van der Waals surface area contributed by atoms with E-state index in [1.54, 1.807) is 6.07 Å². The SMILES string of the molecule is CCCC(CCC)C1(O)c2cc(C)cc(F)c2CC1(C)C. The van der Waals surface area contributed by atoms with Gasteiger partial charge < -0.3 is 5.11 Å². The predicted octanol–water partition coefficient (Wildman–Crippen LogP) is 5.12. The molecule has 0 saturated heterocycles. The molecule has 0 spiro atoms. The number of halogens is 1. The lowest BCUT2D eigenvalue weighted by Crippen LogP contribution is -2.45. The quantitative estimate of drug-likeness (QED) is 0.798. The molecule has 0 fully saturated rings. The van der Waals surface area contributed by atoms with Crippen molar-refractivity contribution < 1.29 is 9.50 Å². The van der Waals surface area contributed by atoms with Crippen LogP contribution in [0.2, 0.25) is 0 Å². The monoisotopic (exact) mass is 292 g/mol. The summed E-state index contributed by atoms with van der Waals surface area (Å²) in [7, 11) is 0. The lowest BCUT2D eigenvalue weighted by molar-refractivity contribution is -0.113. The summed E-state index contributed by atoms with van der Waals surface area (Å²) in [6, 6.07) is 3.60. The fourth-order valence-corrected chi connectivity index (χ4v) is 4.26. The Labute approximate surface area is 128 Å². The van der Waals surface area contributed by atoms with E-state index in [2.05, 4.69) is 27.7 Å². The van der Waals surface area contributed by atoms with Gasteiger partial charge in [0.05, 0.1) is 5.60 Å². The molecule has 21 heavy (non-hydrogen) atoms. The Morgan fingerprint density at radius 2 is 1.76 bits per heavy atom. The standard InChI is InChI=1S/C19H29FO/c1-6-8-14(9-7-2)19(21)16-10-13(3)11-17(20)15(16)12-18(19,4)5/h10-11,14,21H,6-9,12H2,1-5H3. The van der Waals surface area contributed by atoms with Crippen LogP contribution in [-0.4, -0.2) is 5.11 Å². The molecule has 2 heteroatoms. The van der Waals surface area contributed by atoms with Crippen LogP contribution in [0.4, 0.5) is 4.39 Å². The second-order valence-corrected chi connectivity index (χ2v) is 7.37. The minimum atomic E-state index is -0.915. The van der Waals surface area contributed by atoms with Gasteiger partial charge in [0.1, 0.15) is 5.82 Å². The van der Waals surface area contributed by atoms with Crippen LogP contribution in [0.1, 0.15) is 70.1 Å². The van der Waals surface area contributed by atoms with Gasteiger partial charge in [-0.15, -0.1) is 0 Å². The number of hydrogen-bond acceptors (Lipinski definition) is 1. The van der Waals surface area contributed by atoms with Crippen molar-refractivity contribution in [3.63, 3.8) is 0 Å². The zero-order valence-electron chi connectivity index (χ0n) is 14.1. The molecule has 1 unspecified atom stereocenters. The molecule has 0 radical (unpaired) electrons. The first-order valence-electron chi connectivity index (χ1n) is 8.29. The third-order valence-electron chi connectivity index (χ3n) is 5.27. The van der Waals surface area contributed by atoms with E-state index >= 15 is 0 Å². The highest BCUT2D eigenvalue weighted by Crippen LogP contribution is 2.56. The number of rotatable bonds is 5. The maximum Gasteiger partial charge on any atom is 0.127 e. The molecule has 118 valence electrons. The predicted molar refractivity (Wildman–Crippen MR) is 85.8 cm³/mol. The largest absolute Gasteiger partial charge is 0.384 e. The van der Waals surface area contributed by atoms with Gasteiger partial charge in [0, 0.05) is 5.41 Å². The lowest BCUT2D eigenvalue weighted by atomic mass is 9.65. The zero-order valence-corrected chi connectivity index (χ0v) is 14.1. The summed E-state index contributed by atoms with van der Waals surface area (Å²) in [4.78, 5) is 0. The van der Waals surface area contributed by atoms with E-state index in [9.17, 15) is 9.50 Å². The molecule has 1 aromatic carbocycles. The van der Waals surface area contributed by atoms with E-state index in [1.807, 2.05) is 13.0 Å². The summed E-state index contributed by atoms with van der Waals surface area (Å²) in [5, 5.41) is 11.7. The van der Waals surface area contributed by atoms with E-state index in [-0.39, 0.29) is 17.2 Å². The van der Waals surface area contributed by atoms with Crippen molar-refractivity contribution in [3.8, 4) is 0 Å². The Morgan fingerprint density at radius 1 is 1.19 bits per heavy atom. The van der Waals surface area contributed by atoms with Gasteiger partial charge in [-0.2, -0.15) is 0 Å². The van der Waals surface area contributed by atoms with E-state index < -0.39 is 5.60 Å². The smallest absolute Gasteiger partial charge is 0.127 e. The number of fused-ring (bicyclic) bond motifs is 1. The van der Waals surface area contributed by atoms with E-state index in [0.717, 1.165) is 42.4 Å². The summed E-state index contributed by atoms with van der Waals surface area (Å²) < 4.78 is 14.4. The summed E-state index contributed by atoms with van der Waals surface area (Å²) in [6.45, 7) is 10.4. The molecule has 0 bridgehead atoms. The molecule has 0 aromatic heterocycles. The fourth-order valence-electron chi connectivity index (χ4n) is 4.26. The Kier molecular flexibility index (Phi) is 4.49. The summed E-state index contributed by atoms with van der Waals surface area (Å²) in [6.07, 6.45) is 4.69. The second-order valence-electron chi connectivity index (χ2n) is 7.37. The first-order valence-corrected chi connectivity index (χ1v) is 8.29. The highest BCUT2D eigenvalue weighted by atomic mass is 19.1. The van der Waals surface area contributed by atoms with Crippen molar-refractivity contribution >= 4 is 0 Å². The molecule has 1 N–H and O–H groups in total. The van der Waals surface area contributed by atoms with Crippen LogP contribution in [-0.2, 0) is 12.0 Å². The summed E-state index contributed by atoms with van der Waals surface area (Å²) >= 11 is 0. The topological polar surface area (TPSA) is 20.2 Å². The average Bonchev–Trinajstić information content (AvgIpc) is 2.60. The molecule has 1 nitrogen and oxygen atoms in total. The maximum absolute atomic E-state index is 14.4. The van der Waals surface area contributed by atoms with Crippen molar-refractivity contribution in [2.24, 2.45) is 11.3 Å². The maximum atomic E-state index is 14.4. The molecule has 1 atom stereocenters. The number of aliphatic hydroxyl groups is 1. The van der Waals surface area contributed by atoms with Gasteiger partial charge in [-0.25, -0.2) is 4.39 Å². The van der Waals surface area contributed by atoms with Gasteiger partial charge in [0.25, 0.3) is 0 Å². The lowest BCUT2D eigenvalue weighted by Gasteiger charge is -2.44. The molecule has 2 rings (SSSR count). The van der Waals surface area contributed by atoms with Gasteiger partial charge >= 0.3 is 0 Å². The van der Waals surface area contributed by atoms with E-state index in [0.29, 0.717) is 6.42 Å². The van der Waals surface area contributed by atoms with Gasteiger partial charge in [-0.3, -0.25) is 0 Å². The highest BCUT2D eigenvalue weighted by Gasteiger charge is 2.55. The van der Waals surface area contributed by atoms with Crippen LogP contribution in [0.3, 0.4) is 0 Å². The van der Waals surface area contributed by atoms with Gasteiger partial charge in [0.15, 0.2) is 0 Å². The Hall–Kier alpha value is -0.890. The fraction of sp³-hybridized carbons (Fsp3) is 0.684. The molecule has 1 aromatic rings.